The largest absolute Gasteiger partial charge is 0.489 e. The molecule has 1 unspecified atom stereocenters. The van der Waals surface area contributed by atoms with Gasteiger partial charge in [-0.2, -0.15) is 0 Å². The Balaban J connectivity index is 2.03. The quantitative estimate of drug-likeness (QED) is 0.784. The molecular weight excluding hydrogens is 305 g/mol. The molecule has 1 atom stereocenters. The lowest BCUT2D eigenvalue weighted by Gasteiger charge is -2.15. The molecule has 0 aliphatic rings. The summed E-state index contributed by atoms with van der Waals surface area (Å²) in [6.45, 7) is 5.55. The summed E-state index contributed by atoms with van der Waals surface area (Å²) in [6.07, 6.45) is 0. The second kappa shape index (κ2) is 7.69. The summed E-state index contributed by atoms with van der Waals surface area (Å²) in [5.41, 5.74) is 2.11. The first-order valence-corrected chi connectivity index (χ1v) is 7.76. The minimum absolute atomic E-state index is 0.226. The maximum Gasteiger partial charge on any atom is 0.121 e. The van der Waals surface area contributed by atoms with Crippen LogP contribution >= 0.6 is 23.2 Å². The van der Waals surface area contributed by atoms with Crippen LogP contribution in [0.3, 0.4) is 0 Å². The molecule has 0 saturated heterocycles. The Bertz CT molecular complexity index is 601. The lowest BCUT2D eigenvalue weighted by molar-refractivity contribution is 0.306. The van der Waals surface area contributed by atoms with Crippen molar-refractivity contribution in [1.82, 2.24) is 5.32 Å². The zero-order valence-corrected chi connectivity index (χ0v) is 13.7. The van der Waals surface area contributed by atoms with Crippen LogP contribution < -0.4 is 10.1 Å². The molecule has 0 aromatic heterocycles. The highest BCUT2D eigenvalue weighted by Gasteiger charge is 2.09. The summed E-state index contributed by atoms with van der Waals surface area (Å²) in [4.78, 5) is 0. The third-order valence-corrected chi connectivity index (χ3v) is 3.81. The van der Waals surface area contributed by atoms with Gasteiger partial charge in [0.2, 0.25) is 0 Å². The van der Waals surface area contributed by atoms with Crippen molar-refractivity contribution in [2.75, 3.05) is 6.54 Å². The summed E-state index contributed by atoms with van der Waals surface area (Å²) < 4.78 is 5.76. The van der Waals surface area contributed by atoms with Crippen LogP contribution in [0.4, 0.5) is 0 Å². The summed E-state index contributed by atoms with van der Waals surface area (Å²) >= 11 is 12.3. The molecule has 0 aliphatic carbocycles. The van der Waals surface area contributed by atoms with Crippen molar-refractivity contribution in [3.05, 3.63) is 63.6 Å². The smallest absolute Gasteiger partial charge is 0.121 e. The van der Waals surface area contributed by atoms with Gasteiger partial charge < -0.3 is 10.1 Å². The van der Waals surface area contributed by atoms with Gasteiger partial charge in [0, 0.05) is 16.1 Å². The molecule has 4 heteroatoms. The molecule has 2 nitrogen and oxygen atoms in total. The molecule has 112 valence electrons. The van der Waals surface area contributed by atoms with Crippen molar-refractivity contribution >= 4 is 23.2 Å². The van der Waals surface area contributed by atoms with Crippen LogP contribution in [0, 0.1) is 0 Å². The molecule has 0 heterocycles. The molecule has 0 aliphatic heterocycles. The predicted octanol–water partition coefficient (Wildman–Crippen LogP) is 5.24. The van der Waals surface area contributed by atoms with Crippen LogP contribution in [0.5, 0.6) is 5.75 Å². The molecule has 2 aromatic rings. The first-order chi connectivity index (χ1) is 10.1. The Morgan fingerprint density at radius 1 is 1.14 bits per heavy atom. The molecule has 0 radical (unpaired) electrons. The fraction of sp³-hybridized carbons (Fsp3) is 0.294. The van der Waals surface area contributed by atoms with E-state index in [0.717, 1.165) is 23.4 Å². The molecule has 2 aromatic carbocycles. The van der Waals surface area contributed by atoms with Crippen LogP contribution in [0.1, 0.15) is 31.0 Å². The molecule has 0 saturated carbocycles. The van der Waals surface area contributed by atoms with Gasteiger partial charge in [0.15, 0.2) is 0 Å². The highest BCUT2D eigenvalue weighted by Crippen LogP contribution is 2.27. The molecule has 0 bridgehead atoms. The number of hydrogen-bond acceptors (Lipinski definition) is 2. The van der Waals surface area contributed by atoms with E-state index >= 15 is 0 Å². The molecular formula is C17H19Cl2NO. The van der Waals surface area contributed by atoms with Gasteiger partial charge in [-0.3, -0.25) is 0 Å². The van der Waals surface area contributed by atoms with E-state index in [9.17, 15) is 0 Å². The maximum atomic E-state index is 6.33. The van der Waals surface area contributed by atoms with Crippen molar-refractivity contribution in [2.24, 2.45) is 0 Å². The molecule has 0 amide bonds. The average Bonchev–Trinajstić information content (AvgIpc) is 2.45. The Labute approximate surface area is 136 Å². The predicted molar refractivity (Wildman–Crippen MR) is 89.3 cm³/mol. The van der Waals surface area contributed by atoms with Crippen LogP contribution in [0.15, 0.2) is 42.5 Å². The van der Waals surface area contributed by atoms with Gasteiger partial charge in [0.1, 0.15) is 12.4 Å². The lowest BCUT2D eigenvalue weighted by atomic mass is 10.1. The van der Waals surface area contributed by atoms with E-state index in [1.807, 2.05) is 42.5 Å². The molecule has 1 N–H and O–H groups in total. The second-order valence-corrected chi connectivity index (χ2v) is 5.72. The fourth-order valence-electron chi connectivity index (χ4n) is 2.16. The third-order valence-electron chi connectivity index (χ3n) is 3.24. The minimum Gasteiger partial charge on any atom is -0.489 e. The van der Waals surface area contributed by atoms with Crippen LogP contribution in [0.25, 0.3) is 0 Å². The number of rotatable bonds is 6. The van der Waals surface area contributed by atoms with Gasteiger partial charge in [-0.25, -0.2) is 0 Å². The van der Waals surface area contributed by atoms with E-state index in [1.165, 1.54) is 0 Å². The van der Waals surface area contributed by atoms with E-state index in [1.54, 1.807) is 0 Å². The van der Waals surface area contributed by atoms with Gasteiger partial charge in [-0.05, 0) is 48.9 Å². The van der Waals surface area contributed by atoms with Gasteiger partial charge in [-0.15, -0.1) is 0 Å². The first kappa shape index (κ1) is 16.2. The monoisotopic (exact) mass is 323 g/mol. The average molecular weight is 324 g/mol. The summed E-state index contributed by atoms with van der Waals surface area (Å²) in [7, 11) is 0. The lowest BCUT2D eigenvalue weighted by Crippen LogP contribution is -2.17. The fourth-order valence-corrected chi connectivity index (χ4v) is 2.71. The minimum atomic E-state index is 0.226. The van der Waals surface area contributed by atoms with Crippen molar-refractivity contribution in [2.45, 2.75) is 26.5 Å². The maximum absolute atomic E-state index is 6.33. The summed E-state index contributed by atoms with van der Waals surface area (Å²) in [5, 5.41) is 4.77. The second-order valence-electron chi connectivity index (χ2n) is 4.88. The standard InChI is InChI=1S/C17H19Cl2NO/c1-3-20-12(2)16-8-7-15(10-17(16)19)21-11-13-5-4-6-14(18)9-13/h4-10,12,20H,3,11H2,1-2H3. The summed E-state index contributed by atoms with van der Waals surface area (Å²) in [5.74, 6) is 0.757. The number of hydrogen-bond donors (Lipinski definition) is 1. The molecule has 2 rings (SSSR count). The topological polar surface area (TPSA) is 21.3 Å². The van der Waals surface area contributed by atoms with E-state index in [2.05, 4.69) is 19.2 Å². The van der Waals surface area contributed by atoms with Crippen LogP contribution in [-0.2, 0) is 6.61 Å². The van der Waals surface area contributed by atoms with Gasteiger partial charge in [0.25, 0.3) is 0 Å². The Hall–Kier alpha value is -1.22. The van der Waals surface area contributed by atoms with Crippen molar-refractivity contribution in [3.8, 4) is 5.75 Å². The van der Waals surface area contributed by atoms with Crippen LogP contribution in [0.2, 0.25) is 10.0 Å². The Kier molecular flexibility index (Phi) is 5.92. The number of nitrogens with one attached hydrogen (secondary N) is 1. The van der Waals surface area contributed by atoms with Gasteiger partial charge in [0.05, 0.1) is 0 Å². The number of benzene rings is 2. The van der Waals surface area contributed by atoms with Gasteiger partial charge >= 0.3 is 0 Å². The van der Waals surface area contributed by atoms with Crippen molar-refractivity contribution in [3.63, 3.8) is 0 Å². The SMILES string of the molecule is CCNC(C)c1ccc(OCc2cccc(Cl)c2)cc1Cl. The Morgan fingerprint density at radius 3 is 2.62 bits per heavy atom. The van der Waals surface area contributed by atoms with Crippen molar-refractivity contribution in [1.29, 1.82) is 0 Å². The van der Waals surface area contributed by atoms with Crippen molar-refractivity contribution < 1.29 is 4.74 Å². The van der Waals surface area contributed by atoms with E-state index < -0.39 is 0 Å². The molecule has 0 spiro atoms. The highest BCUT2D eigenvalue weighted by molar-refractivity contribution is 6.31. The highest BCUT2D eigenvalue weighted by atomic mass is 35.5. The zero-order valence-electron chi connectivity index (χ0n) is 12.2. The van der Waals surface area contributed by atoms with E-state index in [0.29, 0.717) is 16.7 Å². The zero-order chi connectivity index (χ0) is 15.2. The van der Waals surface area contributed by atoms with E-state index in [4.69, 9.17) is 27.9 Å². The van der Waals surface area contributed by atoms with Crippen LogP contribution in [-0.4, -0.2) is 6.54 Å². The van der Waals surface area contributed by atoms with Gasteiger partial charge in [-0.1, -0.05) is 48.3 Å². The first-order valence-electron chi connectivity index (χ1n) is 7.00. The molecule has 21 heavy (non-hydrogen) atoms. The normalized spacial score (nSPS) is 12.2. The number of ether oxygens (including phenoxy) is 1. The molecule has 0 fully saturated rings. The Morgan fingerprint density at radius 2 is 1.95 bits per heavy atom. The number of halogens is 2. The third kappa shape index (κ3) is 4.63. The summed E-state index contributed by atoms with van der Waals surface area (Å²) in [6, 6.07) is 13.7. The van der Waals surface area contributed by atoms with E-state index in [-0.39, 0.29) is 6.04 Å².